The van der Waals surface area contributed by atoms with Gasteiger partial charge in [-0.3, -0.25) is 4.79 Å². The molecule has 0 aliphatic carbocycles. The SMILES string of the molecule is CCN(C)C(=O)CNC(C)c1ccc(OC(F)F)cc1. The molecular formula is C14H20F2N2O2. The van der Waals surface area contributed by atoms with Gasteiger partial charge in [0.1, 0.15) is 5.75 Å². The first-order valence-electron chi connectivity index (χ1n) is 6.46. The minimum absolute atomic E-state index is 0.0111. The molecule has 1 aromatic rings. The fourth-order valence-corrected chi connectivity index (χ4v) is 1.61. The molecule has 0 fully saturated rings. The van der Waals surface area contributed by atoms with Crippen molar-refractivity contribution in [1.29, 1.82) is 0 Å². The first-order valence-corrected chi connectivity index (χ1v) is 6.46. The molecule has 0 bridgehead atoms. The van der Waals surface area contributed by atoms with Crippen LogP contribution in [0, 0.1) is 0 Å². The molecule has 0 aromatic heterocycles. The largest absolute Gasteiger partial charge is 0.435 e. The van der Waals surface area contributed by atoms with Crippen LogP contribution in [-0.4, -0.2) is 37.6 Å². The van der Waals surface area contributed by atoms with Crippen LogP contribution in [0.15, 0.2) is 24.3 Å². The lowest BCUT2D eigenvalue weighted by Crippen LogP contribution is -2.36. The summed E-state index contributed by atoms with van der Waals surface area (Å²) < 4.78 is 28.3. The highest BCUT2D eigenvalue weighted by Gasteiger charge is 2.11. The van der Waals surface area contributed by atoms with Gasteiger partial charge in [0.15, 0.2) is 0 Å². The number of halogens is 2. The Morgan fingerprint density at radius 2 is 1.95 bits per heavy atom. The van der Waals surface area contributed by atoms with Crippen LogP contribution in [-0.2, 0) is 4.79 Å². The Labute approximate surface area is 117 Å². The predicted molar refractivity (Wildman–Crippen MR) is 72.8 cm³/mol. The van der Waals surface area contributed by atoms with E-state index in [4.69, 9.17) is 0 Å². The molecule has 1 aromatic carbocycles. The van der Waals surface area contributed by atoms with Gasteiger partial charge in [-0.2, -0.15) is 8.78 Å². The van der Waals surface area contributed by atoms with Gasteiger partial charge in [0.25, 0.3) is 0 Å². The molecule has 4 nitrogen and oxygen atoms in total. The number of rotatable bonds is 7. The number of ether oxygens (including phenoxy) is 1. The summed E-state index contributed by atoms with van der Waals surface area (Å²) in [5, 5.41) is 3.09. The van der Waals surface area contributed by atoms with E-state index in [1.165, 1.54) is 12.1 Å². The van der Waals surface area contributed by atoms with Crippen LogP contribution in [0.1, 0.15) is 25.5 Å². The minimum atomic E-state index is -2.82. The maximum atomic E-state index is 12.0. The third kappa shape index (κ3) is 5.13. The Bertz CT molecular complexity index is 424. The monoisotopic (exact) mass is 286 g/mol. The number of carbonyl (C=O) groups excluding carboxylic acids is 1. The Kier molecular flexibility index (Phi) is 6.38. The lowest BCUT2D eigenvalue weighted by molar-refractivity contribution is -0.128. The van der Waals surface area contributed by atoms with Crippen molar-refractivity contribution >= 4 is 5.91 Å². The number of hydrogen-bond acceptors (Lipinski definition) is 3. The van der Waals surface area contributed by atoms with E-state index in [9.17, 15) is 13.6 Å². The van der Waals surface area contributed by atoms with Gasteiger partial charge in [-0.1, -0.05) is 12.1 Å². The Hall–Kier alpha value is -1.69. The molecule has 20 heavy (non-hydrogen) atoms. The number of nitrogens with zero attached hydrogens (tertiary/aromatic N) is 1. The predicted octanol–water partition coefficient (Wildman–Crippen LogP) is 2.42. The molecule has 0 saturated heterocycles. The molecule has 0 aliphatic rings. The quantitative estimate of drug-likeness (QED) is 0.837. The van der Waals surface area contributed by atoms with Gasteiger partial charge in [-0.15, -0.1) is 0 Å². The second-order valence-electron chi connectivity index (χ2n) is 4.46. The van der Waals surface area contributed by atoms with Crippen molar-refractivity contribution in [3.8, 4) is 5.75 Å². The van der Waals surface area contributed by atoms with E-state index >= 15 is 0 Å². The zero-order valence-electron chi connectivity index (χ0n) is 11.9. The van der Waals surface area contributed by atoms with Crippen LogP contribution in [0.4, 0.5) is 8.78 Å². The number of likely N-dealkylation sites (N-methyl/N-ethyl adjacent to an activating group) is 1. The first-order chi connectivity index (χ1) is 9.43. The molecule has 0 spiro atoms. The van der Waals surface area contributed by atoms with E-state index in [-0.39, 0.29) is 24.2 Å². The van der Waals surface area contributed by atoms with Crippen LogP contribution < -0.4 is 10.1 Å². The van der Waals surface area contributed by atoms with E-state index < -0.39 is 6.61 Å². The van der Waals surface area contributed by atoms with Crippen LogP contribution in [0.5, 0.6) is 5.75 Å². The summed E-state index contributed by atoms with van der Waals surface area (Å²) >= 11 is 0. The third-order valence-electron chi connectivity index (χ3n) is 3.06. The van der Waals surface area contributed by atoms with Gasteiger partial charge in [0.05, 0.1) is 6.54 Å². The van der Waals surface area contributed by atoms with Crippen molar-refractivity contribution in [3.05, 3.63) is 29.8 Å². The van der Waals surface area contributed by atoms with Crippen molar-refractivity contribution < 1.29 is 18.3 Å². The molecule has 0 saturated carbocycles. The van der Waals surface area contributed by atoms with Crippen molar-refractivity contribution in [3.63, 3.8) is 0 Å². The van der Waals surface area contributed by atoms with Crippen molar-refractivity contribution in [2.24, 2.45) is 0 Å². The van der Waals surface area contributed by atoms with Crippen LogP contribution in [0.25, 0.3) is 0 Å². The number of alkyl halides is 2. The topological polar surface area (TPSA) is 41.6 Å². The molecule has 1 rings (SSSR count). The first kappa shape index (κ1) is 16.4. The summed E-state index contributed by atoms with van der Waals surface area (Å²) in [6, 6.07) is 6.32. The highest BCUT2D eigenvalue weighted by atomic mass is 19.3. The lowest BCUT2D eigenvalue weighted by Gasteiger charge is -2.18. The fourth-order valence-electron chi connectivity index (χ4n) is 1.61. The third-order valence-corrected chi connectivity index (χ3v) is 3.06. The number of benzene rings is 1. The fraction of sp³-hybridized carbons (Fsp3) is 0.500. The highest BCUT2D eigenvalue weighted by Crippen LogP contribution is 2.18. The Morgan fingerprint density at radius 1 is 1.35 bits per heavy atom. The van der Waals surface area contributed by atoms with Gasteiger partial charge in [-0.25, -0.2) is 0 Å². The summed E-state index contributed by atoms with van der Waals surface area (Å²) in [7, 11) is 1.74. The van der Waals surface area contributed by atoms with Crippen molar-refractivity contribution in [2.45, 2.75) is 26.5 Å². The second kappa shape index (κ2) is 7.79. The van der Waals surface area contributed by atoms with E-state index in [0.717, 1.165) is 5.56 Å². The van der Waals surface area contributed by atoms with Crippen LogP contribution in [0.3, 0.4) is 0 Å². The second-order valence-corrected chi connectivity index (χ2v) is 4.46. The average Bonchev–Trinajstić information content (AvgIpc) is 2.43. The highest BCUT2D eigenvalue weighted by molar-refractivity contribution is 5.77. The number of carbonyl (C=O) groups is 1. The van der Waals surface area contributed by atoms with Gasteiger partial charge in [0.2, 0.25) is 5.91 Å². The lowest BCUT2D eigenvalue weighted by atomic mass is 10.1. The zero-order valence-corrected chi connectivity index (χ0v) is 11.9. The summed E-state index contributed by atoms with van der Waals surface area (Å²) in [6.07, 6.45) is 0. The van der Waals surface area contributed by atoms with Crippen molar-refractivity contribution in [2.75, 3.05) is 20.1 Å². The minimum Gasteiger partial charge on any atom is -0.435 e. The molecular weight excluding hydrogens is 266 g/mol. The molecule has 1 amide bonds. The molecule has 1 atom stereocenters. The number of amides is 1. The van der Waals surface area contributed by atoms with Crippen molar-refractivity contribution in [1.82, 2.24) is 10.2 Å². The van der Waals surface area contributed by atoms with Gasteiger partial charge >= 0.3 is 6.61 Å². The average molecular weight is 286 g/mol. The van der Waals surface area contributed by atoms with Gasteiger partial charge < -0.3 is 15.0 Å². The molecule has 6 heteroatoms. The van der Waals surface area contributed by atoms with Gasteiger partial charge in [0, 0.05) is 19.6 Å². The normalized spacial score (nSPS) is 12.3. The molecule has 0 aliphatic heterocycles. The molecule has 0 heterocycles. The van der Waals surface area contributed by atoms with Crippen LogP contribution >= 0.6 is 0 Å². The van der Waals surface area contributed by atoms with E-state index in [1.807, 2.05) is 13.8 Å². The summed E-state index contributed by atoms with van der Waals surface area (Å²) in [4.78, 5) is 13.3. The van der Waals surface area contributed by atoms with E-state index in [2.05, 4.69) is 10.1 Å². The van der Waals surface area contributed by atoms with Crippen LogP contribution in [0.2, 0.25) is 0 Å². The maximum Gasteiger partial charge on any atom is 0.387 e. The zero-order chi connectivity index (χ0) is 15.1. The number of hydrogen-bond donors (Lipinski definition) is 1. The molecule has 112 valence electrons. The molecule has 1 N–H and O–H groups in total. The summed E-state index contributed by atoms with van der Waals surface area (Å²) in [5.41, 5.74) is 0.901. The Balaban J connectivity index is 2.51. The van der Waals surface area contributed by atoms with E-state index in [0.29, 0.717) is 6.54 Å². The maximum absolute atomic E-state index is 12.0. The molecule has 0 radical (unpaired) electrons. The number of nitrogens with one attached hydrogen (secondary N) is 1. The van der Waals surface area contributed by atoms with E-state index in [1.54, 1.807) is 24.1 Å². The smallest absolute Gasteiger partial charge is 0.387 e. The summed E-state index contributed by atoms with van der Waals surface area (Å²) in [6.45, 7) is 1.89. The Morgan fingerprint density at radius 3 is 2.45 bits per heavy atom. The summed E-state index contributed by atoms with van der Waals surface area (Å²) in [5.74, 6) is 0.134. The standard InChI is InChI=1S/C14H20F2N2O2/c1-4-18(3)13(19)9-17-10(2)11-5-7-12(8-6-11)20-14(15)16/h5-8,10,14,17H,4,9H2,1-3H3. The van der Waals surface area contributed by atoms with Gasteiger partial charge in [-0.05, 0) is 31.5 Å². The molecule has 1 unspecified atom stereocenters.